The molecule has 10 heavy (non-hydrogen) atoms. The molecule has 0 radical (unpaired) electrons. The number of carbonyl (C=O) groups is 2. The fourth-order valence-electron chi connectivity index (χ4n) is 0.335. The van der Waals surface area contributed by atoms with Gasteiger partial charge in [0.25, 0.3) is 5.78 Å². The maximum absolute atomic E-state index is 10.5. The smallest absolute Gasteiger partial charge is 0.376 e. The molecule has 0 saturated heterocycles. The highest BCUT2D eigenvalue weighted by Crippen LogP contribution is 1.83. The van der Waals surface area contributed by atoms with Gasteiger partial charge in [-0.1, -0.05) is 0 Å². The molecular formula is C5H9NO4. The van der Waals surface area contributed by atoms with Crippen molar-refractivity contribution < 1.29 is 19.4 Å². The molecule has 0 bridgehead atoms. The lowest BCUT2D eigenvalue weighted by atomic mass is 10.2. The molecule has 3 N–H and O–H groups in total. The summed E-state index contributed by atoms with van der Waals surface area (Å²) in [5.41, 5.74) is 4.99. The highest BCUT2D eigenvalue weighted by atomic mass is 16.5. The monoisotopic (exact) mass is 147 g/mol. The van der Waals surface area contributed by atoms with Crippen LogP contribution in [-0.4, -0.2) is 36.6 Å². The molecule has 1 atom stereocenters. The van der Waals surface area contributed by atoms with Crippen molar-refractivity contribution in [3.63, 3.8) is 0 Å². The summed E-state index contributed by atoms with van der Waals surface area (Å²) in [6.45, 7) is -0.548. The van der Waals surface area contributed by atoms with Gasteiger partial charge in [-0.2, -0.15) is 0 Å². The summed E-state index contributed by atoms with van der Waals surface area (Å²) >= 11 is 0. The van der Waals surface area contributed by atoms with Gasteiger partial charge in [-0.25, -0.2) is 4.79 Å². The minimum Gasteiger partial charge on any atom is -0.463 e. The van der Waals surface area contributed by atoms with Gasteiger partial charge in [-0.05, 0) is 0 Å². The number of hydrogen-bond donors (Lipinski definition) is 2. The Labute approximate surface area is 57.8 Å². The van der Waals surface area contributed by atoms with Crippen molar-refractivity contribution in [3.05, 3.63) is 0 Å². The first kappa shape index (κ1) is 9.06. The summed E-state index contributed by atoms with van der Waals surface area (Å²) in [5, 5.41) is 8.30. The van der Waals surface area contributed by atoms with Crippen LogP contribution in [0.15, 0.2) is 0 Å². The van der Waals surface area contributed by atoms with Crippen molar-refractivity contribution in [3.8, 4) is 0 Å². The Morgan fingerprint density at radius 1 is 1.70 bits per heavy atom. The highest BCUT2D eigenvalue weighted by Gasteiger charge is 2.20. The molecule has 1 unspecified atom stereocenters. The number of nitrogens with two attached hydrogens (primary N) is 1. The van der Waals surface area contributed by atoms with Crippen LogP contribution in [0.4, 0.5) is 0 Å². The Kier molecular flexibility index (Phi) is 3.60. The molecule has 58 valence electrons. The van der Waals surface area contributed by atoms with E-state index < -0.39 is 24.4 Å². The van der Waals surface area contributed by atoms with E-state index in [0.29, 0.717) is 0 Å². The van der Waals surface area contributed by atoms with Crippen LogP contribution in [0.25, 0.3) is 0 Å². The summed E-state index contributed by atoms with van der Waals surface area (Å²) in [7, 11) is 1.07. The number of Topliss-reactive ketones (excluding diaryl/α,β-unsaturated/α-hetero) is 1. The number of ether oxygens (including phenoxy) is 1. The SMILES string of the molecule is COC(=O)C(=O)C(N)CO. The topological polar surface area (TPSA) is 89.6 Å². The molecule has 0 rings (SSSR count). The van der Waals surface area contributed by atoms with Crippen LogP contribution in [0.2, 0.25) is 0 Å². The zero-order chi connectivity index (χ0) is 8.15. The van der Waals surface area contributed by atoms with Crippen molar-refractivity contribution in [1.29, 1.82) is 0 Å². The van der Waals surface area contributed by atoms with Gasteiger partial charge < -0.3 is 15.6 Å². The number of ketones is 1. The summed E-state index contributed by atoms with van der Waals surface area (Å²) in [4.78, 5) is 20.9. The molecular weight excluding hydrogens is 138 g/mol. The van der Waals surface area contributed by atoms with E-state index in [1.165, 1.54) is 0 Å². The number of hydrogen-bond acceptors (Lipinski definition) is 5. The van der Waals surface area contributed by atoms with Crippen molar-refractivity contribution in [2.45, 2.75) is 6.04 Å². The Bertz CT molecular complexity index is 145. The Morgan fingerprint density at radius 3 is 2.50 bits per heavy atom. The van der Waals surface area contributed by atoms with Crippen LogP contribution in [0.1, 0.15) is 0 Å². The summed E-state index contributed by atoms with van der Waals surface area (Å²) in [6.07, 6.45) is 0. The first-order valence-corrected chi connectivity index (χ1v) is 2.62. The van der Waals surface area contributed by atoms with E-state index in [2.05, 4.69) is 4.74 Å². The number of aliphatic hydroxyl groups is 1. The average Bonchev–Trinajstić information content (AvgIpc) is 2.00. The van der Waals surface area contributed by atoms with E-state index in [1.54, 1.807) is 0 Å². The first-order valence-electron chi connectivity index (χ1n) is 2.62. The molecule has 5 heteroatoms. The summed E-state index contributed by atoms with van der Waals surface area (Å²) in [6, 6.07) is -1.16. The second-order valence-corrected chi connectivity index (χ2v) is 1.64. The van der Waals surface area contributed by atoms with Gasteiger partial charge in [-0.15, -0.1) is 0 Å². The second kappa shape index (κ2) is 3.97. The van der Waals surface area contributed by atoms with Crippen LogP contribution in [-0.2, 0) is 14.3 Å². The lowest BCUT2D eigenvalue weighted by Gasteiger charge is -2.02. The van der Waals surface area contributed by atoms with Gasteiger partial charge in [0.05, 0.1) is 19.8 Å². The second-order valence-electron chi connectivity index (χ2n) is 1.64. The predicted octanol–water partition coefficient (Wildman–Crippen LogP) is -1.95. The fraction of sp³-hybridized carbons (Fsp3) is 0.600. The fourth-order valence-corrected chi connectivity index (χ4v) is 0.335. The zero-order valence-electron chi connectivity index (χ0n) is 5.53. The quantitative estimate of drug-likeness (QED) is 0.357. The minimum absolute atomic E-state index is 0.548. The van der Waals surface area contributed by atoms with E-state index in [4.69, 9.17) is 10.8 Å². The van der Waals surface area contributed by atoms with Gasteiger partial charge in [-0.3, -0.25) is 4.79 Å². The van der Waals surface area contributed by atoms with Crippen LogP contribution in [0, 0.1) is 0 Å². The molecule has 0 aliphatic rings. The molecule has 0 aromatic rings. The van der Waals surface area contributed by atoms with Gasteiger partial charge in [0.15, 0.2) is 0 Å². The number of carbonyl (C=O) groups excluding carboxylic acids is 2. The Hall–Kier alpha value is -0.940. The molecule has 0 saturated carbocycles. The lowest BCUT2D eigenvalue weighted by molar-refractivity contribution is -0.152. The zero-order valence-corrected chi connectivity index (χ0v) is 5.53. The third-order valence-corrected chi connectivity index (χ3v) is 0.920. The largest absolute Gasteiger partial charge is 0.463 e. The lowest BCUT2D eigenvalue weighted by Crippen LogP contribution is -2.39. The van der Waals surface area contributed by atoms with E-state index in [1.807, 2.05) is 0 Å². The van der Waals surface area contributed by atoms with Crippen molar-refractivity contribution in [2.75, 3.05) is 13.7 Å². The van der Waals surface area contributed by atoms with Gasteiger partial charge in [0.1, 0.15) is 0 Å². The number of methoxy groups -OCH3 is 1. The molecule has 0 spiro atoms. The van der Waals surface area contributed by atoms with E-state index >= 15 is 0 Å². The molecule has 0 aliphatic carbocycles. The van der Waals surface area contributed by atoms with Crippen molar-refractivity contribution in [1.82, 2.24) is 0 Å². The molecule has 0 fully saturated rings. The van der Waals surface area contributed by atoms with Crippen LogP contribution < -0.4 is 5.73 Å². The van der Waals surface area contributed by atoms with E-state index in [9.17, 15) is 9.59 Å². The molecule has 0 amide bonds. The first-order chi connectivity index (χ1) is 4.63. The number of rotatable bonds is 3. The van der Waals surface area contributed by atoms with Crippen LogP contribution in [0.5, 0.6) is 0 Å². The summed E-state index contributed by atoms with van der Waals surface area (Å²) < 4.78 is 4.06. The van der Waals surface area contributed by atoms with Crippen molar-refractivity contribution >= 4 is 11.8 Å². The molecule has 0 heterocycles. The third-order valence-electron chi connectivity index (χ3n) is 0.920. The third kappa shape index (κ3) is 2.12. The Morgan fingerprint density at radius 2 is 2.20 bits per heavy atom. The average molecular weight is 147 g/mol. The predicted molar refractivity (Wildman–Crippen MR) is 32.1 cm³/mol. The minimum atomic E-state index is -1.16. The standard InChI is InChI=1S/C5H9NO4/c1-10-5(9)4(8)3(6)2-7/h3,7H,2,6H2,1H3. The number of esters is 1. The maximum atomic E-state index is 10.5. The van der Waals surface area contributed by atoms with Gasteiger partial charge >= 0.3 is 5.97 Å². The maximum Gasteiger partial charge on any atom is 0.376 e. The highest BCUT2D eigenvalue weighted by molar-refractivity contribution is 6.35. The van der Waals surface area contributed by atoms with E-state index in [0.717, 1.165) is 7.11 Å². The molecule has 0 aliphatic heterocycles. The van der Waals surface area contributed by atoms with Crippen molar-refractivity contribution in [2.24, 2.45) is 5.73 Å². The van der Waals surface area contributed by atoms with Crippen LogP contribution in [0.3, 0.4) is 0 Å². The normalized spacial score (nSPS) is 12.3. The molecule has 0 aromatic heterocycles. The Balaban J connectivity index is 3.95. The van der Waals surface area contributed by atoms with Gasteiger partial charge in [0, 0.05) is 0 Å². The molecule has 0 aromatic carbocycles. The summed E-state index contributed by atoms with van der Waals surface area (Å²) in [5.74, 6) is -1.94. The van der Waals surface area contributed by atoms with Crippen LogP contribution >= 0.6 is 0 Å². The van der Waals surface area contributed by atoms with Gasteiger partial charge in [0.2, 0.25) is 0 Å². The van der Waals surface area contributed by atoms with E-state index in [-0.39, 0.29) is 0 Å². The number of aliphatic hydroxyl groups excluding tert-OH is 1. The molecule has 5 nitrogen and oxygen atoms in total.